The van der Waals surface area contributed by atoms with Gasteiger partial charge in [-0.3, -0.25) is 0 Å². The van der Waals surface area contributed by atoms with Crippen LogP contribution < -0.4 is 3.71 Å². The Hall–Kier alpha value is -0.651. The molecule has 2 rings (SSSR count). The van der Waals surface area contributed by atoms with Gasteiger partial charge in [0, 0.05) is 0 Å². The van der Waals surface area contributed by atoms with Gasteiger partial charge in [0.15, 0.2) is 0 Å². The molecular formula is C21H38N4Sn. The van der Waals surface area contributed by atoms with E-state index in [-0.39, 0.29) is 0 Å². The van der Waals surface area contributed by atoms with Gasteiger partial charge >= 0.3 is 164 Å². The van der Waals surface area contributed by atoms with Gasteiger partial charge in [0.25, 0.3) is 0 Å². The molecule has 0 amide bonds. The fourth-order valence-electron chi connectivity index (χ4n) is 4.05. The second-order valence-corrected chi connectivity index (χ2v) is 20.7. The van der Waals surface area contributed by atoms with Crippen LogP contribution in [0.25, 0.3) is 11.0 Å². The van der Waals surface area contributed by atoms with E-state index in [9.17, 15) is 0 Å². The third-order valence-corrected chi connectivity index (χ3v) is 20.8. The van der Waals surface area contributed by atoms with Gasteiger partial charge in [-0.15, -0.1) is 0 Å². The number of fused-ring (bicyclic) bond motifs is 1. The van der Waals surface area contributed by atoms with Crippen LogP contribution in [0.2, 0.25) is 13.3 Å². The summed E-state index contributed by atoms with van der Waals surface area (Å²) in [5.41, 5.74) is 1.03. The Morgan fingerprint density at radius 3 is 1.96 bits per heavy atom. The molecular weight excluding hydrogens is 427 g/mol. The first-order chi connectivity index (χ1) is 12.7. The molecule has 0 spiro atoms. The molecule has 0 unspecified atom stereocenters. The van der Waals surface area contributed by atoms with Crippen LogP contribution in [0.3, 0.4) is 0 Å². The van der Waals surface area contributed by atoms with E-state index in [1.54, 1.807) is 0 Å². The molecule has 0 saturated heterocycles. The fourth-order valence-corrected chi connectivity index (χ4v) is 20.2. The molecule has 0 aliphatic carbocycles. The van der Waals surface area contributed by atoms with Crippen LogP contribution in [0.4, 0.5) is 0 Å². The number of rotatable bonds is 13. The van der Waals surface area contributed by atoms with Gasteiger partial charge in [-0.05, 0) is 0 Å². The van der Waals surface area contributed by atoms with E-state index in [1.165, 1.54) is 67.4 Å². The zero-order chi connectivity index (χ0) is 18.8. The monoisotopic (exact) mass is 466 g/mol. The molecule has 0 aliphatic heterocycles. The van der Waals surface area contributed by atoms with Crippen LogP contribution in [0.5, 0.6) is 0 Å². The predicted octanol–water partition coefficient (Wildman–Crippen LogP) is 5.68. The van der Waals surface area contributed by atoms with Gasteiger partial charge in [0.1, 0.15) is 0 Å². The van der Waals surface area contributed by atoms with Crippen LogP contribution in [-0.2, 0) is 6.54 Å². The summed E-state index contributed by atoms with van der Waals surface area (Å²) in [5.74, 6) is 0. The summed E-state index contributed by atoms with van der Waals surface area (Å²) in [5, 5.41) is 15.3. The van der Waals surface area contributed by atoms with E-state index in [0.717, 1.165) is 18.6 Å². The second kappa shape index (κ2) is 11.3. The molecule has 0 N–H and O–H groups in total. The quantitative estimate of drug-likeness (QED) is 0.358. The molecule has 4 nitrogen and oxygen atoms in total. The molecule has 2 aromatic heterocycles. The van der Waals surface area contributed by atoms with Gasteiger partial charge in [-0.2, -0.15) is 0 Å². The Labute approximate surface area is 164 Å². The Bertz CT molecular complexity index is 631. The van der Waals surface area contributed by atoms with Gasteiger partial charge in [-0.25, -0.2) is 0 Å². The minimum absolute atomic E-state index is 0.975. The van der Waals surface area contributed by atoms with Crippen LogP contribution in [0, 0.1) is 0 Å². The number of hydrogen-bond acceptors (Lipinski definition) is 3. The first kappa shape index (κ1) is 21.6. The average molecular weight is 465 g/mol. The topological polar surface area (TPSA) is 43.6 Å². The van der Waals surface area contributed by atoms with Gasteiger partial charge in [0.2, 0.25) is 0 Å². The number of aryl methyl sites for hydroxylation is 1. The third kappa shape index (κ3) is 5.20. The van der Waals surface area contributed by atoms with E-state index >= 15 is 0 Å². The normalized spacial score (nSPS) is 12.2. The maximum absolute atomic E-state index is 5.27. The summed E-state index contributed by atoms with van der Waals surface area (Å²) >= 11 is -2.54. The van der Waals surface area contributed by atoms with E-state index in [2.05, 4.69) is 48.6 Å². The van der Waals surface area contributed by atoms with Crippen molar-refractivity contribution in [3.05, 3.63) is 12.3 Å². The fraction of sp³-hybridized carbons (Fsp3) is 0.762. The van der Waals surface area contributed by atoms with Crippen molar-refractivity contribution in [2.45, 2.75) is 98.9 Å². The molecule has 0 atom stereocenters. The van der Waals surface area contributed by atoms with E-state index in [1.807, 2.05) is 6.20 Å². The average Bonchev–Trinajstić information content (AvgIpc) is 3.05. The minimum atomic E-state index is -2.54. The zero-order valence-electron chi connectivity index (χ0n) is 17.4. The van der Waals surface area contributed by atoms with Crippen molar-refractivity contribution in [1.29, 1.82) is 0 Å². The molecule has 5 heteroatoms. The Balaban J connectivity index is 2.53. The van der Waals surface area contributed by atoms with Crippen molar-refractivity contribution in [2.75, 3.05) is 0 Å². The standard InChI is InChI=1S/C9H11N4.3C4H9.Sn/c1-2-3-6-13-9-8(7-11-13)4-5-10-12-9;3*1-3-4-2;/h4-5H,2-3,6H2,1H3;3*1,3-4H2,2H3;. The maximum atomic E-state index is 5.27. The van der Waals surface area contributed by atoms with E-state index in [0.29, 0.717) is 0 Å². The molecule has 0 radical (unpaired) electrons. The molecule has 2 aromatic rings. The molecule has 146 valence electrons. The molecule has 0 aliphatic rings. The van der Waals surface area contributed by atoms with Gasteiger partial charge in [-0.1, -0.05) is 0 Å². The van der Waals surface area contributed by atoms with Crippen LogP contribution >= 0.6 is 0 Å². The summed E-state index contributed by atoms with van der Waals surface area (Å²) in [6, 6.07) is 2.20. The van der Waals surface area contributed by atoms with Crippen molar-refractivity contribution < 1.29 is 0 Å². The van der Waals surface area contributed by atoms with Crippen LogP contribution in [0.15, 0.2) is 12.3 Å². The molecule has 0 bridgehead atoms. The van der Waals surface area contributed by atoms with Crippen LogP contribution in [-0.4, -0.2) is 38.4 Å². The van der Waals surface area contributed by atoms with Crippen molar-refractivity contribution in [2.24, 2.45) is 0 Å². The summed E-state index contributed by atoms with van der Waals surface area (Å²) in [6.45, 7) is 10.2. The first-order valence-corrected chi connectivity index (χ1v) is 18.4. The summed E-state index contributed by atoms with van der Waals surface area (Å²) < 4.78 is 8.04. The zero-order valence-corrected chi connectivity index (χ0v) is 20.3. The number of unbranched alkanes of at least 4 members (excludes halogenated alkanes) is 4. The number of hydrogen-bond donors (Lipinski definition) is 0. The summed E-state index contributed by atoms with van der Waals surface area (Å²) in [4.78, 5) is 0. The Kier molecular flexibility index (Phi) is 9.37. The van der Waals surface area contributed by atoms with Crippen LogP contribution in [0.1, 0.15) is 79.1 Å². The van der Waals surface area contributed by atoms with Crippen molar-refractivity contribution in [1.82, 2.24) is 20.0 Å². The molecule has 0 saturated carbocycles. The molecule has 2 heterocycles. The number of nitrogens with zero attached hydrogens (tertiary/aromatic N) is 4. The summed E-state index contributed by atoms with van der Waals surface area (Å²) in [6.07, 6.45) is 12.2. The van der Waals surface area contributed by atoms with Gasteiger partial charge < -0.3 is 0 Å². The third-order valence-electron chi connectivity index (χ3n) is 5.67. The first-order valence-electron chi connectivity index (χ1n) is 10.9. The molecule has 0 fully saturated rings. The predicted molar refractivity (Wildman–Crippen MR) is 115 cm³/mol. The Morgan fingerprint density at radius 1 is 0.846 bits per heavy atom. The van der Waals surface area contributed by atoms with Crippen molar-refractivity contribution >= 4 is 33.1 Å². The SMILES string of the molecule is CCCCn1n[c]([Sn]([CH2]CCC)([CH2]CCC)[CH2]CCC)c2ccnnc21. The van der Waals surface area contributed by atoms with Gasteiger partial charge in [0.05, 0.1) is 0 Å². The van der Waals surface area contributed by atoms with Crippen molar-refractivity contribution in [3.63, 3.8) is 0 Å². The molecule has 26 heavy (non-hydrogen) atoms. The number of aromatic nitrogens is 4. The van der Waals surface area contributed by atoms with E-state index < -0.39 is 18.4 Å². The van der Waals surface area contributed by atoms with Crippen molar-refractivity contribution in [3.8, 4) is 0 Å². The Morgan fingerprint density at radius 2 is 1.42 bits per heavy atom. The second-order valence-electron chi connectivity index (χ2n) is 7.78. The summed E-state index contributed by atoms with van der Waals surface area (Å²) in [7, 11) is 0. The molecule has 0 aromatic carbocycles. The van der Waals surface area contributed by atoms with E-state index in [4.69, 9.17) is 5.10 Å².